The number of allylic oxidation sites excluding steroid dienone is 1. The molecule has 106 valence electrons. The maximum absolute atomic E-state index is 6.18. The molecule has 0 saturated carbocycles. The number of hydrogen-bond donors (Lipinski definition) is 0. The third-order valence-electron chi connectivity index (χ3n) is 4.75. The average molecular weight is 271 g/mol. The minimum Gasteiger partial charge on any atom is -0.399 e. The lowest BCUT2D eigenvalue weighted by atomic mass is 9.75. The normalized spacial score (nSPS) is 25.5. The van der Waals surface area contributed by atoms with Crippen LogP contribution in [0.1, 0.15) is 52.8 Å². The average Bonchev–Trinajstić information content (AvgIpc) is 2.72. The van der Waals surface area contributed by atoms with Crippen molar-refractivity contribution in [2.24, 2.45) is 0 Å². The predicted molar refractivity (Wildman–Crippen MR) is 81.3 cm³/mol. The van der Waals surface area contributed by atoms with E-state index in [9.17, 15) is 0 Å². The van der Waals surface area contributed by atoms with Crippen molar-refractivity contribution in [3.63, 3.8) is 0 Å². The lowest BCUT2D eigenvalue weighted by Gasteiger charge is -2.32. The standard InChI is InChI=1S/C16H22BNO2/c1-14(2)10-12(11-8-7-9-18-13(11)14)17-19-15(3,4)16(5,6)20-17/h7-10H,1-6H3. The molecule has 4 heteroatoms. The predicted octanol–water partition coefficient (Wildman–Crippen LogP) is 3.39. The van der Waals surface area contributed by atoms with E-state index in [0.29, 0.717) is 0 Å². The molecule has 0 spiro atoms. The van der Waals surface area contributed by atoms with Crippen LogP contribution in [0.15, 0.2) is 24.4 Å². The van der Waals surface area contributed by atoms with E-state index >= 15 is 0 Å². The molecular weight excluding hydrogens is 249 g/mol. The monoisotopic (exact) mass is 271 g/mol. The van der Waals surface area contributed by atoms with Gasteiger partial charge in [-0.15, -0.1) is 0 Å². The first-order chi connectivity index (χ1) is 9.14. The Morgan fingerprint density at radius 2 is 1.60 bits per heavy atom. The van der Waals surface area contributed by atoms with Gasteiger partial charge in [-0.05, 0) is 44.8 Å². The van der Waals surface area contributed by atoms with Crippen LogP contribution >= 0.6 is 0 Å². The molecule has 1 saturated heterocycles. The van der Waals surface area contributed by atoms with E-state index in [2.05, 4.69) is 58.7 Å². The number of nitrogens with zero attached hydrogens (tertiary/aromatic N) is 1. The highest BCUT2D eigenvalue weighted by atomic mass is 16.7. The number of fused-ring (bicyclic) bond motifs is 1. The molecule has 1 aromatic heterocycles. The fourth-order valence-electron chi connectivity index (χ4n) is 2.85. The van der Waals surface area contributed by atoms with Crippen LogP contribution in [-0.2, 0) is 14.7 Å². The number of pyridine rings is 1. The van der Waals surface area contributed by atoms with E-state index in [-0.39, 0.29) is 23.7 Å². The SMILES string of the molecule is CC1(C)C=C(B2OC(C)(C)C(C)(C)O2)c2cccnc21. The highest BCUT2D eigenvalue weighted by Gasteiger charge is 2.54. The van der Waals surface area contributed by atoms with E-state index in [0.717, 1.165) is 16.7 Å². The first-order valence-electron chi connectivity index (χ1n) is 7.18. The highest BCUT2D eigenvalue weighted by Crippen LogP contribution is 2.45. The molecule has 0 unspecified atom stereocenters. The second kappa shape index (κ2) is 3.95. The van der Waals surface area contributed by atoms with Gasteiger partial charge in [0.15, 0.2) is 0 Å². The zero-order valence-corrected chi connectivity index (χ0v) is 13.2. The van der Waals surface area contributed by atoms with Crippen molar-refractivity contribution < 1.29 is 9.31 Å². The highest BCUT2D eigenvalue weighted by molar-refractivity contribution is 6.69. The van der Waals surface area contributed by atoms with Gasteiger partial charge >= 0.3 is 7.12 Å². The van der Waals surface area contributed by atoms with E-state index < -0.39 is 0 Å². The molecule has 2 heterocycles. The Bertz CT molecular complexity index is 574. The molecule has 0 atom stereocenters. The Morgan fingerprint density at radius 3 is 2.20 bits per heavy atom. The summed E-state index contributed by atoms with van der Waals surface area (Å²) >= 11 is 0. The number of rotatable bonds is 1. The van der Waals surface area contributed by atoms with Gasteiger partial charge < -0.3 is 9.31 Å². The minimum atomic E-state index is -0.315. The third kappa shape index (κ3) is 1.86. The van der Waals surface area contributed by atoms with Crippen LogP contribution in [-0.4, -0.2) is 23.3 Å². The summed E-state index contributed by atoms with van der Waals surface area (Å²) in [5.74, 6) is 0. The maximum atomic E-state index is 6.18. The van der Waals surface area contributed by atoms with E-state index in [1.807, 2.05) is 12.3 Å². The Morgan fingerprint density at radius 1 is 1.00 bits per heavy atom. The molecule has 1 aromatic rings. The van der Waals surface area contributed by atoms with E-state index in [1.54, 1.807) is 0 Å². The van der Waals surface area contributed by atoms with Crippen LogP contribution in [0.3, 0.4) is 0 Å². The topological polar surface area (TPSA) is 31.4 Å². The zero-order chi connectivity index (χ0) is 14.8. The summed E-state index contributed by atoms with van der Waals surface area (Å²) in [5.41, 5.74) is 2.66. The summed E-state index contributed by atoms with van der Waals surface area (Å²) < 4.78 is 12.4. The van der Waals surface area contributed by atoms with Gasteiger partial charge in [0.05, 0.1) is 16.9 Å². The molecule has 0 amide bonds. The van der Waals surface area contributed by atoms with Crippen LogP contribution in [0.4, 0.5) is 0 Å². The minimum absolute atomic E-state index is 0.0739. The van der Waals surface area contributed by atoms with Crippen molar-refractivity contribution in [2.75, 3.05) is 0 Å². The van der Waals surface area contributed by atoms with E-state index in [1.165, 1.54) is 0 Å². The summed E-state index contributed by atoms with van der Waals surface area (Å²) in [7, 11) is -0.315. The lowest BCUT2D eigenvalue weighted by molar-refractivity contribution is 0.00578. The van der Waals surface area contributed by atoms with Crippen molar-refractivity contribution >= 4 is 12.6 Å². The quantitative estimate of drug-likeness (QED) is 0.734. The second-order valence-electron chi connectivity index (χ2n) is 7.31. The van der Waals surface area contributed by atoms with E-state index in [4.69, 9.17) is 9.31 Å². The fourth-order valence-corrected chi connectivity index (χ4v) is 2.85. The molecule has 0 radical (unpaired) electrons. The van der Waals surface area contributed by atoms with Gasteiger partial charge in [0, 0.05) is 11.6 Å². The van der Waals surface area contributed by atoms with Gasteiger partial charge in [0.2, 0.25) is 0 Å². The Kier molecular flexibility index (Phi) is 2.74. The van der Waals surface area contributed by atoms with Gasteiger partial charge in [-0.1, -0.05) is 26.0 Å². The molecule has 20 heavy (non-hydrogen) atoms. The largest absolute Gasteiger partial charge is 0.495 e. The number of aromatic nitrogens is 1. The third-order valence-corrected chi connectivity index (χ3v) is 4.75. The summed E-state index contributed by atoms with van der Waals surface area (Å²) in [6.07, 6.45) is 4.08. The Balaban J connectivity index is 2.02. The second-order valence-corrected chi connectivity index (χ2v) is 7.31. The van der Waals surface area contributed by atoms with Crippen LogP contribution < -0.4 is 0 Å². The molecule has 0 aromatic carbocycles. The van der Waals surface area contributed by atoms with Crippen LogP contribution in [0.2, 0.25) is 0 Å². The van der Waals surface area contributed by atoms with Crippen LogP contribution in [0.5, 0.6) is 0 Å². The molecule has 2 aliphatic rings. The lowest BCUT2D eigenvalue weighted by Crippen LogP contribution is -2.41. The van der Waals surface area contributed by atoms with Crippen molar-refractivity contribution in [3.05, 3.63) is 35.7 Å². The van der Waals surface area contributed by atoms with Crippen LogP contribution in [0, 0.1) is 0 Å². The molecule has 1 aliphatic heterocycles. The van der Waals surface area contributed by atoms with Gasteiger partial charge in [0.25, 0.3) is 0 Å². The zero-order valence-electron chi connectivity index (χ0n) is 13.2. The summed E-state index contributed by atoms with van der Waals surface area (Å²) in [6, 6.07) is 4.08. The van der Waals surface area contributed by atoms with Crippen LogP contribution in [0.25, 0.3) is 5.47 Å². The Labute approximate surface area is 121 Å². The fraction of sp³-hybridized carbons (Fsp3) is 0.562. The molecule has 0 N–H and O–H groups in total. The van der Waals surface area contributed by atoms with Gasteiger partial charge in [0.1, 0.15) is 0 Å². The van der Waals surface area contributed by atoms with Crippen molar-refractivity contribution in [3.8, 4) is 0 Å². The molecular formula is C16H22BNO2. The first kappa shape index (κ1) is 13.8. The smallest absolute Gasteiger partial charge is 0.399 e. The molecule has 1 fully saturated rings. The summed E-state index contributed by atoms with van der Waals surface area (Å²) in [5, 5.41) is 0. The first-order valence-corrected chi connectivity index (χ1v) is 7.18. The van der Waals surface area contributed by atoms with Crippen molar-refractivity contribution in [1.29, 1.82) is 0 Å². The summed E-state index contributed by atoms with van der Waals surface area (Å²) in [4.78, 5) is 4.54. The van der Waals surface area contributed by atoms with Crippen molar-refractivity contribution in [1.82, 2.24) is 4.98 Å². The molecule has 3 rings (SSSR count). The maximum Gasteiger partial charge on any atom is 0.495 e. The van der Waals surface area contributed by atoms with Gasteiger partial charge in [-0.2, -0.15) is 0 Å². The summed E-state index contributed by atoms with van der Waals surface area (Å²) in [6.45, 7) is 12.7. The Hall–Kier alpha value is -1.13. The molecule has 0 bridgehead atoms. The van der Waals surface area contributed by atoms with Crippen molar-refractivity contribution in [2.45, 2.75) is 58.2 Å². The number of hydrogen-bond acceptors (Lipinski definition) is 3. The molecule has 3 nitrogen and oxygen atoms in total. The van der Waals surface area contributed by atoms with Gasteiger partial charge in [-0.3, -0.25) is 4.98 Å². The molecule has 1 aliphatic carbocycles. The van der Waals surface area contributed by atoms with Gasteiger partial charge in [-0.25, -0.2) is 0 Å².